The van der Waals surface area contributed by atoms with Gasteiger partial charge in [0.05, 0.1) is 20.8 Å². The number of nitrogens with one attached hydrogen (secondary N) is 1. The Balaban J connectivity index is 0.00000147. The highest BCUT2D eigenvalue weighted by molar-refractivity contribution is 7.21. The van der Waals surface area contributed by atoms with E-state index in [4.69, 9.17) is 4.98 Å². The fourth-order valence-electron chi connectivity index (χ4n) is 2.05. The number of rotatable bonds is 1. The molecular weight excluding hydrogens is 289 g/mol. The molecular formula is C15H16ClN3S. The molecule has 104 valence electrons. The molecule has 0 radical (unpaired) electrons. The number of benzene rings is 2. The van der Waals surface area contributed by atoms with Crippen molar-refractivity contribution in [2.45, 2.75) is 0 Å². The maximum atomic E-state index is 4.72. The summed E-state index contributed by atoms with van der Waals surface area (Å²) in [6.45, 7) is 0. The number of halogens is 1. The lowest BCUT2D eigenvalue weighted by Gasteiger charge is -2.07. The van der Waals surface area contributed by atoms with Gasteiger partial charge in [0, 0.05) is 24.9 Å². The third-order valence-electron chi connectivity index (χ3n) is 3.17. The third-order valence-corrected chi connectivity index (χ3v) is 4.26. The Morgan fingerprint density at radius 1 is 1.10 bits per heavy atom. The van der Waals surface area contributed by atoms with E-state index < -0.39 is 0 Å². The SMILES string of the molecule is CNc1ccc2nc3ccc(=[N+](C)[11CH3])cc-3sc2c1.[Cl-]. The highest BCUT2D eigenvalue weighted by Gasteiger charge is 2.08. The van der Waals surface area contributed by atoms with Crippen LogP contribution in [0.5, 0.6) is 0 Å². The monoisotopic (exact) mass is 304 g/mol. The summed E-state index contributed by atoms with van der Waals surface area (Å²) in [5.74, 6) is 0. The highest BCUT2D eigenvalue weighted by Crippen LogP contribution is 2.30. The number of hydrogen-bond acceptors (Lipinski definition) is 3. The summed E-state index contributed by atoms with van der Waals surface area (Å²) >= 11 is 1.78. The van der Waals surface area contributed by atoms with E-state index in [2.05, 4.69) is 60.4 Å². The molecule has 0 saturated carbocycles. The molecule has 0 unspecified atom stereocenters. The lowest BCUT2D eigenvalue weighted by atomic mass is 10.2. The van der Waals surface area contributed by atoms with Crippen LogP contribution in [0.15, 0.2) is 36.4 Å². The number of fused-ring (bicyclic) bond motifs is 2. The lowest BCUT2D eigenvalue weighted by molar-refractivity contribution is -0.00000383. The van der Waals surface area contributed by atoms with Crippen molar-refractivity contribution < 1.29 is 12.4 Å². The van der Waals surface area contributed by atoms with Crippen molar-refractivity contribution in [2.75, 3.05) is 26.5 Å². The van der Waals surface area contributed by atoms with Gasteiger partial charge in [-0.15, -0.1) is 11.3 Å². The van der Waals surface area contributed by atoms with Gasteiger partial charge in [-0.3, -0.25) is 0 Å². The molecule has 0 fully saturated rings. The molecule has 20 heavy (non-hydrogen) atoms. The van der Waals surface area contributed by atoms with E-state index in [1.807, 2.05) is 7.05 Å². The Morgan fingerprint density at radius 2 is 1.90 bits per heavy atom. The minimum atomic E-state index is 0. The molecule has 0 amide bonds. The first-order chi connectivity index (χ1) is 9.17. The van der Waals surface area contributed by atoms with Crippen molar-refractivity contribution in [1.82, 2.24) is 9.56 Å². The van der Waals surface area contributed by atoms with Gasteiger partial charge in [-0.05, 0) is 24.3 Å². The second-order valence-electron chi connectivity index (χ2n) is 4.69. The summed E-state index contributed by atoms with van der Waals surface area (Å²) in [7, 11) is 6.04. The first-order valence-electron chi connectivity index (χ1n) is 6.20. The van der Waals surface area contributed by atoms with Crippen LogP contribution in [0.3, 0.4) is 0 Å². The van der Waals surface area contributed by atoms with Gasteiger partial charge in [-0.2, -0.15) is 0 Å². The zero-order chi connectivity index (χ0) is 13.4. The maximum Gasteiger partial charge on any atom is 0.201 e. The van der Waals surface area contributed by atoms with Crippen molar-refractivity contribution >= 4 is 27.2 Å². The van der Waals surface area contributed by atoms with Crippen LogP contribution in [0.2, 0.25) is 0 Å². The van der Waals surface area contributed by atoms with Gasteiger partial charge in [0.15, 0.2) is 0 Å². The van der Waals surface area contributed by atoms with Crippen molar-refractivity contribution in [3.8, 4) is 10.6 Å². The van der Waals surface area contributed by atoms with Crippen LogP contribution < -0.4 is 27.7 Å². The maximum absolute atomic E-state index is 4.72. The Hall–Kier alpha value is -1.65. The fourth-order valence-corrected chi connectivity index (χ4v) is 3.09. The van der Waals surface area contributed by atoms with Crippen LogP contribution in [0.25, 0.3) is 20.8 Å². The van der Waals surface area contributed by atoms with E-state index in [1.165, 1.54) is 14.9 Å². The van der Waals surface area contributed by atoms with Crippen molar-refractivity contribution in [2.24, 2.45) is 0 Å². The molecule has 1 heterocycles. The number of hydrogen-bond donors (Lipinski definition) is 1. The van der Waals surface area contributed by atoms with Crippen LogP contribution in [0, 0.1) is 0 Å². The summed E-state index contributed by atoms with van der Waals surface area (Å²) < 4.78 is 3.32. The quantitative estimate of drug-likeness (QED) is 0.484. The molecule has 3 nitrogen and oxygen atoms in total. The largest absolute Gasteiger partial charge is 1.00 e. The molecule has 5 heteroatoms. The summed E-state index contributed by atoms with van der Waals surface area (Å²) in [5, 5.41) is 4.37. The Kier molecular flexibility index (Phi) is 4.26. The summed E-state index contributed by atoms with van der Waals surface area (Å²) in [5.41, 5.74) is 3.23. The number of aromatic nitrogens is 1. The molecule has 1 aliphatic carbocycles. The fraction of sp³-hybridized carbons (Fsp3) is 0.200. The molecule has 0 bridgehead atoms. The van der Waals surface area contributed by atoms with E-state index in [0.717, 1.165) is 16.9 Å². The zero-order valence-electron chi connectivity index (χ0n) is 11.6. The average molecular weight is 305 g/mol. The van der Waals surface area contributed by atoms with Gasteiger partial charge in [0.25, 0.3) is 0 Å². The van der Waals surface area contributed by atoms with Gasteiger partial charge < -0.3 is 17.7 Å². The minimum Gasteiger partial charge on any atom is -1.00 e. The van der Waals surface area contributed by atoms with E-state index in [9.17, 15) is 0 Å². The van der Waals surface area contributed by atoms with Crippen molar-refractivity contribution in [3.05, 3.63) is 41.8 Å². The predicted octanol–water partition coefficient (Wildman–Crippen LogP) is -0.521. The molecule has 2 aliphatic rings. The molecule has 1 aliphatic heterocycles. The molecule has 1 aromatic carbocycles. The van der Waals surface area contributed by atoms with Gasteiger partial charge in [0.1, 0.15) is 14.1 Å². The Morgan fingerprint density at radius 3 is 2.60 bits per heavy atom. The summed E-state index contributed by atoms with van der Waals surface area (Å²) in [6.07, 6.45) is 0. The average Bonchev–Trinajstić information content (AvgIpc) is 2.43. The summed E-state index contributed by atoms with van der Waals surface area (Å²) in [6, 6.07) is 12.7. The number of nitrogens with zero attached hydrogens (tertiary/aromatic N) is 2. The summed E-state index contributed by atoms with van der Waals surface area (Å²) in [4.78, 5) is 5.93. The van der Waals surface area contributed by atoms with Crippen LogP contribution in [0.1, 0.15) is 0 Å². The van der Waals surface area contributed by atoms with Crippen LogP contribution >= 0.6 is 11.3 Å². The zero-order valence-corrected chi connectivity index (χ0v) is 13.2. The van der Waals surface area contributed by atoms with E-state index in [-0.39, 0.29) is 12.4 Å². The third kappa shape index (κ3) is 2.62. The van der Waals surface area contributed by atoms with Gasteiger partial charge in [-0.25, -0.2) is 9.56 Å². The highest BCUT2D eigenvalue weighted by atomic mass is 35.5. The van der Waals surface area contributed by atoms with E-state index >= 15 is 0 Å². The molecule has 0 saturated heterocycles. The standard InChI is InChI=1S/C15H15N3S.ClH/c1-16-10-4-6-12-14(8-10)19-15-9-11(18(2)3)5-7-13(15)17-12;/h4-9H,1-3H3;1H/i2-1;. The first-order valence-corrected chi connectivity index (χ1v) is 7.02. The smallest absolute Gasteiger partial charge is 0.201 e. The van der Waals surface area contributed by atoms with Gasteiger partial charge in [0.2, 0.25) is 5.36 Å². The van der Waals surface area contributed by atoms with Crippen molar-refractivity contribution in [3.63, 3.8) is 0 Å². The van der Waals surface area contributed by atoms with E-state index in [1.54, 1.807) is 11.3 Å². The van der Waals surface area contributed by atoms with Crippen LogP contribution in [-0.4, -0.2) is 26.1 Å². The predicted molar refractivity (Wildman–Crippen MR) is 82.9 cm³/mol. The first kappa shape index (κ1) is 14.8. The molecule has 0 aromatic heterocycles. The van der Waals surface area contributed by atoms with E-state index in [0.29, 0.717) is 0 Å². The normalized spacial score (nSPS) is 12.2. The molecule has 3 rings (SSSR count). The van der Waals surface area contributed by atoms with Gasteiger partial charge >= 0.3 is 0 Å². The topological polar surface area (TPSA) is 27.9 Å². The number of anilines is 1. The second kappa shape index (κ2) is 5.77. The molecule has 0 atom stereocenters. The minimum absolute atomic E-state index is 0. The Labute approximate surface area is 128 Å². The molecule has 0 spiro atoms. The van der Waals surface area contributed by atoms with Crippen LogP contribution in [-0.2, 0) is 0 Å². The molecule has 1 aromatic rings. The van der Waals surface area contributed by atoms with Gasteiger partial charge in [-0.1, -0.05) is 0 Å². The lowest BCUT2D eigenvalue weighted by Crippen LogP contribution is -3.00. The Bertz CT molecular complexity index is 791. The molecule has 1 N–H and O–H groups in total. The second-order valence-corrected chi connectivity index (χ2v) is 5.78. The van der Waals surface area contributed by atoms with Crippen LogP contribution in [0.4, 0.5) is 5.69 Å². The van der Waals surface area contributed by atoms with Crippen molar-refractivity contribution in [1.29, 1.82) is 0 Å².